The zero-order chi connectivity index (χ0) is 19.5. The second-order valence-corrected chi connectivity index (χ2v) is 8.02. The molecular formula is C22H25ClFN3O. The topological polar surface area (TPSA) is 35.6 Å². The molecule has 28 heavy (non-hydrogen) atoms. The summed E-state index contributed by atoms with van der Waals surface area (Å²) in [5, 5.41) is 3.62. The highest BCUT2D eigenvalue weighted by Gasteiger charge is 2.33. The Balaban J connectivity index is 1.43. The Morgan fingerprint density at radius 1 is 1.07 bits per heavy atom. The fraction of sp³-hybridized carbons (Fsp3) is 0.409. The lowest BCUT2D eigenvalue weighted by atomic mass is 10.0. The van der Waals surface area contributed by atoms with Gasteiger partial charge in [0.1, 0.15) is 11.9 Å². The molecule has 148 valence electrons. The Labute approximate surface area is 170 Å². The van der Waals surface area contributed by atoms with Crippen molar-refractivity contribution in [2.75, 3.05) is 26.2 Å². The molecule has 1 aliphatic heterocycles. The number of nitrogens with zero attached hydrogens (tertiary/aromatic N) is 2. The van der Waals surface area contributed by atoms with E-state index in [1.165, 1.54) is 6.07 Å². The second kappa shape index (κ2) is 8.60. The minimum absolute atomic E-state index is 0.0827. The maximum Gasteiger partial charge on any atom is 0.242 e. The number of benzene rings is 2. The highest BCUT2D eigenvalue weighted by Crippen LogP contribution is 2.27. The van der Waals surface area contributed by atoms with Crippen LogP contribution in [0.4, 0.5) is 4.39 Å². The summed E-state index contributed by atoms with van der Waals surface area (Å²) in [7, 11) is 0. The molecule has 1 saturated heterocycles. The van der Waals surface area contributed by atoms with Gasteiger partial charge < -0.3 is 5.32 Å². The third kappa shape index (κ3) is 4.54. The average Bonchev–Trinajstić information content (AvgIpc) is 3.51. The van der Waals surface area contributed by atoms with Crippen LogP contribution in [0.1, 0.15) is 30.0 Å². The third-order valence-corrected chi connectivity index (χ3v) is 5.86. The molecule has 1 heterocycles. The molecule has 0 aromatic heterocycles. The Morgan fingerprint density at radius 2 is 1.79 bits per heavy atom. The molecule has 1 saturated carbocycles. The third-order valence-electron chi connectivity index (χ3n) is 5.50. The first kappa shape index (κ1) is 19.4. The Hall–Kier alpha value is -1.95. The van der Waals surface area contributed by atoms with E-state index in [-0.39, 0.29) is 17.8 Å². The molecule has 2 aromatic rings. The van der Waals surface area contributed by atoms with Crippen molar-refractivity contribution in [2.45, 2.75) is 31.5 Å². The van der Waals surface area contributed by atoms with Crippen LogP contribution in [0.15, 0.2) is 48.5 Å². The van der Waals surface area contributed by atoms with Gasteiger partial charge in [0.15, 0.2) is 0 Å². The summed E-state index contributed by atoms with van der Waals surface area (Å²) in [6, 6.07) is 14.8. The van der Waals surface area contributed by atoms with E-state index >= 15 is 0 Å². The van der Waals surface area contributed by atoms with Crippen molar-refractivity contribution in [3.05, 3.63) is 70.5 Å². The Morgan fingerprint density at radius 3 is 2.43 bits per heavy atom. The molecule has 0 spiro atoms. The van der Waals surface area contributed by atoms with E-state index in [0.717, 1.165) is 44.6 Å². The lowest BCUT2D eigenvalue weighted by molar-refractivity contribution is -0.127. The molecule has 2 aliphatic rings. The monoisotopic (exact) mass is 401 g/mol. The molecule has 0 bridgehead atoms. The SMILES string of the molecule is O=C(NC1CC1)C(c1ccccc1)N1CCN(Cc2c(F)cccc2Cl)CC1. The van der Waals surface area contributed by atoms with Gasteiger partial charge in [-0.15, -0.1) is 0 Å². The maximum absolute atomic E-state index is 14.1. The van der Waals surface area contributed by atoms with Gasteiger partial charge in [0, 0.05) is 49.4 Å². The average molecular weight is 402 g/mol. The van der Waals surface area contributed by atoms with Crippen molar-refractivity contribution in [1.82, 2.24) is 15.1 Å². The fourth-order valence-corrected chi connectivity index (χ4v) is 3.98. The number of amides is 1. The molecule has 6 heteroatoms. The van der Waals surface area contributed by atoms with Crippen molar-refractivity contribution in [1.29, 1.82) is 0 Å². The molecule has 4 nitrogen and oxygen atoms in total. The molecule has 1 N–H and O–H groups in total. The molecule has 1 atom stereocenters. The predicted molar refractivity (Wildman–Crippen MR) is 109 cm³/mol. The zero-order valence-electron chi connectivity index (χ0n) is 15.8. The molecular weight excluding hydrogens is 377 g/mol. The van der Waals surface area contributed by atoms with Crippen molar-refractivity contribution in [3.8, 4) is 0 Å². The number of piperazine rings is 1. The number of halogens is 2. The summed E-state index contributed by atoms with van der Waals surface area (Å²) in [5.74, 6) is -0.180. The molecule has 2 fully saturated rings. The number of hydrogen-bond acceptors (Lipinski definition) is 3. The quantitative estimate of drug-likeness (QED) is 0.803. The van der Waals surface area contributed by atoms with E-state index in [1.54, 1.807) is 12.1 Å². The first-order valence-electron chi connectivity index (χ1n) is 9.86. The van der Waals surface area contributed by atoms with Crippen molar-refractivity contribution < 1.29 is 9.18 Å². The van der Waals surface area contributed by atoms with E-state index in [2.05, 4.69) is 15.1 Å². The first-order valence-corrected chi connectivity index (χ1v) is 10.2. The van der Waals surface area contributed by atoms with Gasteiger partial charge in [0.25, 0.3) is 0 Å². The van der Waals surface area contributed by atoms with E-state index in [0.29, 0.717) is 23.2 Å². The summed E-state index contributed by atoms with van der Waals surface area (Å²) in [5.41, 5.74) is 1.56. The molecule has 1 unspecified atom stereocenters. The van der Waals surface area contributed by atoms with Gasteiger partial charge in [0.05, 0.1) is 0 Å². The summed E-state index contributed by atoms with van der Waals surface area (Å²) < 4.78 is 14.1. The highest BCUT2D eigenvalue weighted by atomic mass is 35.5. The minimum atomic E-state index is -0.277. The number of rotatable bonds is 6. The van der Waals surface area contributed by atoms with Crippen LogP contribution >= 0.6 is 11.6 Å². The summed E-state index contributed by atoms with van der Waals surface area (Å²) >= 11 is 6.17. The van der Waals surface area contributed by atoms with Crippen molar-refractivity contribution in [3.63, 3.8) is 0 Å². The lowest BCUT2D eigenvalue weighted by Crippen LogP contribution is -2.51. The lowest BCUT2D eigenvalue weighted by Gasteiger charge is -2.39. The van der Waals surface area contributed by atoms with E-state index in [9.17, 15) is 9.18 Å². The van der Waals surface area contributed by atoms with Crippen LogP contribution in [0.5, 0.6) is 0 Å². The van der Waals surface area contributed by atoms with Crippen LogP contribution in [0.3, 0.4) is 0 Å². The van der Waals surface area contributed by atoms with E-state index in [1.807, 2.05) is 30.3 Å². The van der Waals surface area contributed by atoms with Crippen molar-refractivity contribution >= 4 is 17.5 Å². The van der Waals surface area contributed by atoms with Gasteiger partial charge in [-0.25, -0.2) is 4.39 Å². The largest absolute Gasteiger partial charge is 0.352 e. The van der Waals surface area contributed by atoms with Gasteiger partial charge >= 0.3 is 0 Å². The standard InChI is InChI=1S/C22H25ClFN3O/c23-19-7-4-8-20(24)18(19)15-26-11-13-27(14-12-26)21(16-5-2-1-3-6-16)22(28)25-17-9-10-17/h1-8,17,21H,9-15H2,(H,25,28). The molecule has 2 aromatic carbocycles. The normalized spacial score (nSPS) is 19.4. The molecule has 1 aliphatic carbocycles. The Kier molecular flexibility index (Phi) is 5.95. The van der Waals surface area contributed by atoms with E-state index in [4.69, 9.17) is 11.6 Å². The van der Waals surface area contributed by atoms with Crippen LogP contribution in [0.25, 0.3) is 0 Å². The predicted octanol–water partition coefficient (Wildman–Crippen LogP) is 3.62. The second-order valence-electron chi connectivity index (χ2n) is 7.61. The molecule has 1 amide bonds. The number of nitrogens with one attached hydrogen (secondary N) is 1. The van der Waals surface area contributed by atoms with Crippen LogP contribution in [-0.2, 0) is 11.3 Å². The van der Waals surface area contributed by atoms with Crippen LogP contribution in [0.2, 0.25) is 5.02 Å². The van der Waals surface area contributed by atoms with Gasteiger partial charge in [-0.05, 0) is 30.5 Å². The van der Waals surface area contributed by atoms with Gasteiger partial charge in [-0.3, -0.25) is 14.6 Å². The van der Waals surface area contributed by atoms with Gasteiger partial charge in [-0.2, -0.15) is 0 Å². The fourth-order valence-electron chi connectivity index (χ4n) is 3.76. The number of carbonyl (C=O) groups excluding carboxylic acids is 1. The summed E-state index contributed by atoms with van der Waals surface area (Å²) in [6.07, 6.45) is 2.15. The van der Waals surface area contributed by atoms with Crippen LogP contribution in [-0.4, -0.2) is 47.9 Å². The first-order chi connectivity index (χ1) is 13.6. The van der Waals surface area contributed by atoms with Crippen LogP contribution < -0.4 is 5.32 Å². The smallest absolute Gasteiger partial charge is 0.242 e. The summed E-state index contributed by atoms with van der Waals surface area (Å²) in [6.45, 7) is 3.53. The number of hydrogen-bond donors (Lipinski definition) is 1. The summed E-state index contributed by atoms with van der Waals surface area (Å²) in [4.78, 5) is 17.3. The van der Waals surface area contributed by atoms with Crippen molar-refractivity contribution in [2.24, 2.45) is 0 Å². The maximum atomic E-state index is 14.1. The van der Waals surface area contributed by atoms with E-state index < -0.39 is 0 Å². The minimum Gasteiger partial charge on any atom is -0.352 e. The van der Waals surface area contributed by atoms with Gasteiger partial charge in [0.2, 0.25) is 5.91 Å². The van der Waals surface area contributed by atoms with Gasteiger partial charge in [-0.1, -0.05) is 48.0 Å². The Bertz CT molecular complexity index is 800. The number of carbonyl (C=O) groups is 1. The van der Waals surface area contributed by atoms with Crippen LogP contribution in [0, 0.1) is 5.82 Å². The molecule has 0 radical (unpaired) electrons. The zero-order valence-corrected chi connectivity index (χ0v) is 16.5. The molecule has 4 rings (SSSR count). The highest BCUT2D eigenvalue weighted by molar-refractivity contribution is 6.31.